The fourth-order valence-corrected chi connectivity index (χ4v) is 1.77. The number of nitrogens with zero attached hydrogens (tertiary/aromatic N) is 3. The summed E-state index contributed by atoms with van der Waals surface area (Å²) < 4.78 is 38.8. The van der Waals surface area contributed by atoms with E-state index in [0.717, 1.165) is 16.9 Å². The molecule has 2 rings (SSSR count). The van der Waals surface area contributed by atoms with Gasteiger partial charge in [0.15, 0.2) is 11.5 Å². The predicted molar refractivity (Wildman–Crippen MR) is 60.0 cm³/mol. The average Bonchev–Trinajstić information content (AvgIpc) is 2.77. The average molecular weight is 322 g/mol. The van der Waals surface area contributed by atoms with Gasteiger partial charge in [0.05, 0.1) is 6.61 Å². The Morgan fingerprint density at radius 1 is 1.39 bits per heavy atom. The van der Waals surface area contributed by atoms with Gasteiger partial charge in [-0.1, -0.05) is 0 Å². The van der Waals surface area contributed by atoms with E-state index in [4.69, 9.17) is 5.11 Å². The highest BCUT2D eigenvalue weighted by Crippen LogP contribution is 2.28. The standard InChI is InChI=1S/C10H7BrF3N3O/c11-7-3-6(5-18)9(15-4-7)17-2-1-8(16-17)10(12,13)14/h1-4,18H,5H2. The molecule has 0 aliphatic carbocycles. The summed E-state index contributed by atoms with van der Waals surface area (Å²) >= 11 is 3.16. The lowest BCUT2D eigenvalue weighted by atomic mass is 10.3. The molecule has 0 atom stereocenters. The molecule has 0 aliphatic heterocycles. The first-order valence-electron chi connectivity index (χ1n) is 4.80. The topological polar surface area (TPSA) is 50.9 Å². The quantitative estimate of drug-likeness (QED) is 0.924. The number of hydrogen-bond acceptors (Lipinski definition) is 3. The van der Waals surface area contributed by atoms with Crippen LogP contribution in [0.5, 0.6) is 0 Å². The fourth-order valence-electron chi connectivity index (χ4n) is 1.39. The molecule has 0 saturated carbocycles. The molecule has 0 aliphatic rings. The Morgan fingerprint density at radius 2 is 2.11 bits per heavy atom. The van der Waals surface area contributed by atoms with Crippen LogP contribution in [-0.2, 0) is 12.8 Å². The van der Waals surface area contributed by atoms with E-state index >= 15 is 0 Å². The van der Waals surface area contributed by atoms with Crippen LogP contribution in [0.3, 0.4) is 0 Å². The smallest absolute Gasteiger partial charge is 0.392 e. The van der Waals surface area contributed by atoms with Crippen LogP contribution in [-0.4, -0.2) is 19.9 Å². The maximum absolute atomic E-state index is 12.4. The van der Waals surface area contributed by atoms with Gasteiger partial charge in [-0.2, -0.15) is 18.3 Å². The van der Waals surface area contributed by atoms with E-state index in [1.165, 1.54) is 6.20 Å². The van der Waals surface area contributed by atoms with Gasteiger partial charge in [-0.3, -0.25) is 0 Å². The van der Waals surface area contributed by atoms with Crippen molar-refractivity contribution in [3.63, 3.8) is 0 Å². The lowest BCUT2D eigenvalue weighted by Crippen LogP contribution is -2.09. The number of aliphatic hydroxyl groups is 1. The summed E-state index contributed by atoms with van der Waals surface area (Å²) in [4.78, 5) is 3.94. The summed E-state index contributed by atoms with van der Waals surface area (Å²) in [6, 6.07) is 2.42. The van der Waals surface area contributed by atoms with Crippen LogP contribution in [0.25, 0.3) is 5.82 Å². The summed E-state index contributed by atoms with van der Waals surface area (Å²) in [7, 11) is 0. The monoisotopic (exact) mass is 321 g/mol. The first-order chi connectivity index (χ1) is 8.41. The molecule has 0 spiro atoms. The number of aromatic nitrogens is 3. The van der Waals surface area contributed by atoms with Gasteiger partial charge in [-0.05, 0) is 28.1 Å². The van der Waals surface area contributed by atoms with E-state index < -0.39 is 11.9 Å². The number of rotatable bonds is 2. The molecule has 2 aromatic heterocycles. The first kappa shape index (κ1) is 13.0. The first-order valence-corrected chi connectivity index (χ1v) is 5.59. The Labute approximate surface area is 108 Å². The predicted octanol–water partition coefficient (Wildman–Crippen LogP) is 2.54. The third-order valence-electron chi connectivity index (χ3n) is 2.18. The summed E-state index contributed by atoms with van der Waals surface area (Å²) in [6.45, 7) is -0.344. The normalized spacial score (nSPS) is 11.8. The second-order valence-electron chi connectivity index (χ2n) is 3.44. The zero-order chi connectivity index (χ0) is 13.3. The van der Waals surface area contributed by atoms with Gasteiger partial charge < -0.3 is 5.11 Å². The summed E-state index contributed by atoms with van der Waals surface area (Å²) in [5, 5.41) is 12.5. The zero-order valence-corrected chi connectivity index (χ0v) is 10.4. The molecule has 1 N–H and O–H groups in total. The van der Waals surface area contributed by atoms with Gasteiger partial charge in [0.25, 0.3) is 0 Å². The molecule has 2 heterocycles. The largest absolute Gasteiger partial charge is 0.435 e. The van der Waals surface area contributed by atoms with Crippen molar-refractivity contribution in [2.24, 2.45) is 0 Å². The second-order valence-corrected chi connectivity index (χ2v) is 4.35. The van der Waals surface area contributed by atoms with Crippen LogP contribution in [0.4, 0.5) is 13.2 Å². The van der Waals surface area contributed by atoms with Crippen LogP contribution in [0.2, 0.25) is 0 Å². The van der Waals surface area contributed by atoms with Gasteiger partial charge in [0.1, 0.15) is 0 Å². The molecule has 0 bridgehead atoms. The molecular weight excluding hydrogens is 315 g/mol. The Morgan fingerprint density at radius 3 is 2.67 bits per heavy atom. The number of aliphatic hydroxyl groups excluding tert-OH is 1. The van der Waals surface area contributed by atoms with Gasteiger partial charge in [0, 0.05) is 22.4 Å². The van der Waals surface area contributed by atoms with Gasteiger partial charge in [-0.25, -0.2) is 9.67 Å². The Balaban J connectivity index is 2.46. The minimum Gasteiger partial charge on any atom is -0.392 e. The molecule has 18 heavy (non-hydrogen) atoms. The molecule has 0 aromatic carbocycles. The van der Waals surface area contributed by atoms with Crippen molar-refractivity contribution >= 4 is 15.9 Å². The lowest BCUT2D eigenvalue weighted by molar-refractivity contribution is -0.141. The van der Waals surface area contributed by atoms with Crippen LogP contribution < -0.4 is 0 Å². The van der Waals surface area contributed by atoms with Crippen molar-refractivity contribution in [1.29, 1.82) is 0 Å². The molecule has 0 amide bonds. The van der Waals surface area contributed by atoms with E-state index in [1.54, 1.807) is 6.07 Å². The fraction of sp³-hybridized carbons (Fsp3) is 0.200. The Kier molecular flexibility index (Phi) is 3.40. The van der Waals surface area contributed by atoms with E-state index in [1.807, 2.05) is 0 Å². The van der Waals surface area contributed by atoms with E-state index in [-0.39, 0.29) is 12.4 Å². The zero-order valence-electron chi connectivity index (χ0n) is 8.82. The molecule has 4 nitrogen and oxygen atoms in total. The van der Waals surface area contributed by atoms with Crippen LogP contribution >= 0.6 is 15.9 Å². The van der Waals surface area contributed by atoms with Crippen molar-refractivity contribution < 1.29 is 18.3 Å². The van der Waals surface area contributed by atoms with Crippen molar-refractivity contribution in [3.8, 4) is 5.82 Å². The minimum absolute atomic E-state index is 0.163. The highest BCUT2D eigenvalue weighted by Gasteiger charge is 2.33. The Bertz CT molecular complexity index is 568. The molecule has 0 saturated heterocycles. The van der Waals surface area contributed by atoms with Crippen LogP contribution in [0.1, 0.15) is 11.3 Å². The number of pyridine rings is 1. The minimum atomic E-state index is -4.50. The number of alkyl halides is 3. The highest BCUT2D eigenvalue weighted by molar-refractivity contribution is 9.10. The number of hydrogen-bond donors (Lipinski definition) is 1. The van der Waals surface area contributed by atoms with E-state index in [0.29, 0.717) is 10.0 Å². The second kappa shape index (κ2) is 4.69. The van der Waals surface area contributed by atoms with Gasteiger partial charge >= 0.3 is 6.18 Å². The summed E-state index contributed by atoms with van der Waals surface area (Å²) in [6.07, 6.45) is -1.93. The third kappa shape index (κ3) is 2.54. The van der Waals surface area contributed by atoms with E-state index in [2.05, 4.69) is 26.0 Å². The third-order valence-corrected chi connectivity index (χ3v) is 2.61. The maximum Gasteiger partial charge on any atom is 0.435 e. The molecule has 0 unspecified atom stereocenters. The number of halogens is 4. The van der Waals surface area contributed by atoms with Crippen LogP contribution in [0, 0.1) is 0 Å². The van der Waals surface area contributed by atoms with Crippen molar-refractivity contribution in [2.75, 3.05) is 0 Å². The summed E-state index contributed by atoms with van der Waals surface area (Å²) in [5.74, 6) is 0.163. The van der Waals surface area contributed by atoms with Crippen molar-refractivity contribution in [2.45, 2.75) is 12.8 Å². The molecule has 0 radical (unpaired) electrons. The van der Waals surface area contributed by atoms with Crippen molar-refractivity contribution in [3.05, 3.63) is 40.3 Å². The lowest BCUT2D eigenvalue weighted by Gasteiger charge is -2.07. The SMILES string of the molecule is OCc1cc(Br)cnc1-n1ccc(C(F)(F)F)n1. The van der Waals surface area contributed by atoms with Crippen molar-refractivity contribution in [1.82, 2.24) is 14.8 Å². The van der Waals surface area contributed by atoms with Gasteiger partial charge in [0.2, 0.25) is 0 Å². The van der Waals surface area contributed by atoms with Crippen LogP contribution in [0.15, 0.2) is 29.0 Å². The molecular formula is C10H7BrF3N3O. The molecule has 2 aromatic rings. The Hall–Kier alpha value is -1.41. The molecule has 0 fully saturated rings. The maximum atomic E-state index is 12.4. The highest BCUT2D eigenvalue weighted by atomic mass is 79.9. The molecule has 8 heteroatoms. The van der Waals surface area contributed by atoms with Gasteiger partial charge in [-0.15, -0.1) is 0 Å². The molecule has 96 valence electrons. The summed E-state index contributed by atoms with van der Waals surface area (Å²) in [5.41, 5.74) is -0.627. The van der Waals surface area contributed by atoms with E-state index in [9.17, 15) is 13.2 Å².